The van der Waals surface area contributed by atoms with Crippen molar-refractivity contribution in [1.29, 1.82) is 0 Å². The quantitative estimate of drug-likeness (QED) is 0.0802. The number of hydrogen-bond donors (Lipinski definition) is 0. The molecule has 0 aliphatic carbocycles. The van der Waals surface area contributed by atoms with Gasteiger partial charge in [-0.25, -0.2) is 0 Å². The summed E-state index contributed by atoms with van der Waals surface area (Å²) in [6, 6.07) is 12.5. The fraction of sp³-hybridized carbons (Fsp3) is 0.696. The van der Waals surface area contributed by atoms with Crippen LogP contribution in [-0.2, 0) is 0 Å². The maximum Gasteiger partial charge on any atom is 0.0715 e. The first-order chi connectivity index (χ1) is 25.5. The molecule has 2 rings (SSSR count). The summed E-state index contributed by atoms with van der Waals surface area (Å²) in [6.07, 6.45) is 35.9. The fourth-order valence-corrected chi connectivity index (χ4v) is 18.1. The molecule has 53 heavy (non-hydrogen) atoms. The zero-order valence-corrected chi connectivity index (χ0v) is 38.1. The van der Waals surface area contributed by atoms with Crippen LogP contribution >= 0.6 is 26.3 Å². The molecule has 0 fully saturated rings. The average Bonchev–Trinajstić information content (AvgIpc) is 3.17. The van der Waals surface area contributed by atoms with Gasteiger partial charge in [-0.2, -0.15) is 0 Å². The highest BCUT2D eigenvalue weighted by Gasteiger charge is 2.35. The molecule has 0 amide bonds. The lowest BCUT2D eigenvalue weighted by Gasteiger charge is -2.28. The Labute approximate surface area is 333 Å². The first-order valence-electron chi connectivity index (χ1n) is 21.6. The number of carbonyl (C=O) groups is 2. The third-order valence-corrected chi connectivity index (χ3v) is 21.4. The van der Waals surface area contributed by atoms with Crippen LogP contribution in [0.4, 0.5) is 0 Å². The van der Waals surface area contributed by atoms with Crippen LogP contribution in [0.15, 0.2) is 58.3 Å². The summed E-state index contributed by atoms with van der Waals surface area (Å²) >= 11 is 1.40. The van der Waals surface area contributed by atoms with E-state index in [1.165, 1.54) is 139 Å². The van der Waals surface area contributed by atoms with E-state index in [-0.39, 0.29) is 11.1 Å². The van der Waals surface area contributed by atoms with Crippen LogP contribution in [0.3, 0.4) is 0 Å². The highest BCUT2D eigenvalue weighted by Crippen LogP contribution is 2.62. The van der Waals surface area contributed by atoms with E-state index in [1.807, 2.05) is 0 Å². The van der Waals surface area contributed by atoms with Crippen LogP contribution in [0, 0.1) is 0 Å². The number of hydrogen-bond acceptors (Lipinski definition) is 5. The number of carbonyl (C=O) groups excluding carboxylic acids is 2. The van der Waals surface area contributed by atoms with Gasteiger partial charge in [0.15, 0.2) is 0 Å². The monoisotopic (exact) mass is 791 g/mol. The Morgan fingerprint density at radius 2 is 0.585 bits per heavy atom. The molecule has 2 aromatic rings. The predicted octanol–water partition coefficient (Wildman–Crippen LogP) is 13.0. The van der Waals surface area contributed by atoms with E-state index in [2.05, 4.69) is 55.4 Å². The molecule has 0 aliphatic rings. The van der Waals surface area contributed by atoms with Crippen molar-refractivity contribution in [3.63, 3.8) is 0 Å². The van der Waals surface area contributed by atoms with Gasteiger partial charge in [0, 0.05) is 24.3 Å². The van der Waals surface area contributed by atoms with E-state index in [0.29, 0.717) is 0 Å². The number of aromatic carboxylic acids is 2. The maximum atomic E-state index is 10.6. The van der Waals surface area contributed by atoms with Crippen molar-refractivity contribution in [1.82, 2.24) is 0 Å². The minimum absolute atomic E-state index is 0.122. The Hall–Kier alpha value is -1.41. The molecule has 0 heterocycles. The van der Waals surface area contributed by atoms with Crippen LogP contribution in [0.5, 0.6) is 0 Å². The molecule has 0 bridgehead atoms. The summed E-state index contributed by atoms with van der Waals surface area (Å²) in [5, 5.41) is 21.2. The zero-order valence-electron chi connectivity index (χ0n) is 35.5. The molecule has 0 unspecified atom stereocenters. The Kier molecular flexibility index (Phi) is 31.9. The standard InChI is InChI=1S/2C16H36P.C14H10O4S/c2*1-5-9-13-17(14-10-6-2,15-11-7-3)16-12-8-4;15-13(16)9-1-5-11(6-2-9)19-12-7-3-10(4-8-12)14(17)18/h2*5-16H2,1-4H3;1-8H,(H,15,16)(H,17,18)/q2*+1;/p-2. The van der Waals surface area contributed by atoms with Crippen LogP contribution in [0.25, 0.3) is 0 Å². The van der Waals surface area contributed by atoms with Crippen LogP contribution in [-0.4, -0.2) is 61.2 Å². The summed E-state index contributed by atoms with van der Waals surface area (Å²) in [5.41, 5.74) is 0.244. The van der Waals surface area contributed by atoms with Crippen LogP contribution < -0.4 is 10.2 Å². The van der Waals surface area contributed by atoms with Crippen molar-refractivity contribution in [2.24, 2.45) is 0 Å². The average molecular weight is 791 g/mol. The molecule has 304 valence electrons. The summed E-state index contributed by atoms with van der Waals surface area (Å²) < 4.78 is 0. The van der Waals surface area contributed by atoms with Crippen molar-refractivity contribution >= 4 is 38.2 Å². The molecule has 0 atom stereocenters. The van der Waals surface area contributed by atoms with E-state index < -0.39 is 26.5 Å². The van der Waals surface area contributed by atoms with Gasteiger partial charge in [-0.05, 0) is 86.8 Å². The lowest BCUT2D eigenvalue weighted by atomic mass is 10.2. The third kappa shape index (κ3) is 24.0. The first-order valence-corrected chi connectivity index (χ1v) is 27.4. The summed E-state index contributed by atoms with van der Waals surface area (Å²) in [4.78, 5) is 22.9. The molecular formula is C46H80O4P2S. The van der Waals surface area contributed by atoms with Gasteiger partial charge in [-0.15, -0.1) is 0 Å². The summed E-state index contributed by atoms with van der Waals surface area (Å²) in [5.74, 6) is -2.43. The molecule has 0 N–H and O–H groups in total. The molecular weight excluding hydrogens is 711 g/mol. The highest BCUT2D eigenvalue weighted by molar-refractivity contribution is 7.99. The van der Waals surface area contributed by atoms with Crippen molar-refractivity contribution in [3.05, 3.63) is 59.7 Å². The van der Waals surface area contributed by atoms with E-state index in [0.717, 1.165) is 9.79 Å². The van der Waals surface area contributed by atoms with Crippen molar-refractivity contribution in [2.45, 2.75) is 168 Å². The number of carboxylic acids is 2. The Morgan fingerprint density at radius 1 is 0.396 bits per heavy atom. The van der Waals surface area contributed by atoms with Gasteiger partial charge in [0.05, 0.1) is 61.2 Å². The van der Waals surface area contributed by atoms with Gasteiger partial charge < -0.3 is 19.8 Å². The minimum Gasteiger partial charge on any atom is -0.545 e. The van der Waals surface area contributed by atoms with Gasteiger partial charge in [0.2, 0.25) is 0 Å². The minimum atomic E-state index is -1.21. The topological polar surface area (TPSA) is 80.3 Å². The van der Waals surface area contributed by atoms with Gasteiger partial charge >= 0.3 is 0 Å². The smallest absolute Gasteiger partial charge is 0.0715 e. The lowest BCUT2D eigenvalue weighted by Crippen LogP contribution is -2.21. The van der Waals surface area contributed by atoms with Gasteiger partial charge in [0.25, 0.3) is 0 Å². The van der Waals surface area contributed by atoms with Gasteiger partial charge in [-0.3, -0.25) is 0 Å². The molecule has 2 aromatic carbocycles. The normalized spacial score (nSPS) is 11.3. The van der Waals surface area contributed by atoms with Gasteiger partial charge in [0.1, 0.15) is 0 Å². The second-order valence-electron chi connectivity index (χ2n) is 15.0. The Balaban J connectivity index is 0.000000768. The molecule has 0 spiro atoms. The molecule has 0 saturated heterocycles. The second kappa shape index (κ2) is 32.8. The largest absolute Gasteiger partial charge is 0.545 e. The van der Waals surface area contributed by atoms with Crippen LogP contribution in [0.2, 0.25) is 0 Å². The summed E-state index contributed by atoms with van der Waals surface area (Å²) in [6.45, 7) is 18.8. The molecule has 7 heteroatoms. The predicted molar refractivity (Wildman–Crippen MR) is 238 cm³/mol. The number of rotatable bonds is 28. The zero-order chi connectivity index (χ0) is 39.8. The van der Waals surface area contributed by atoms with E-state index in [9.17, 15) is 19.8 Å². The molecule has 4 nitrogen and oxygen atoms in total. The van der Waals surface area contributed by atoms with Crippen molar-refractivity contribution in [3.8, 4) is 0 Å². The second-order valence-corrected chi connectivity index (χ2v) is 25.1. The number of benzene rings is 2. The number of unbranched alkanes of at least 4 members (excludes halogenated alkanes) is 8. The number of carboxylic acid groups (broad SMARTS) is 2. The lowest BCUT2D eigenvalue weighted by molar-refractivity contribution is -0.256. The van der Waals surface area contributed by atoms with Crippen molar-refractivity contribution in [2.75, 3.05) is 49.3 Å². The van der Waals surface area contributed by atoms with Crippen molar-refractivity contribution < 1.29 is 19.8 Å². The van der Waals surface area contributed by atoms with E-state index >= 15 is 0 Å². The first kappa shape index (κ1) is 51.6. The molecule has 0 aliphatic heterocycles. The Morgan fingerprint density at radius 3 is 0.736 bits per heavy atom. The third-order valence-electron chi connectivity index (χ3n) is 10.3. The fourth-order valence-electron chi connectivity index (χ4n) is 6.74. The van der Waals surface area contributed by atoms with Crippen LogP contribution in [0.1, 0.15) is 179 Å². The van der Waals surface area contributed by atoms with E-state index in [1.54, 1.807) is 73.6 Å². The Bertz CT molecular complexity index is 1000. The molecule has 0 saturated carbocycles. The SMILES string of the molecule is CCCC[P+](CCCC)(CCCC)CCCC.CCCC[P+](CCCC)(CCCC)CCCC.O=C([O-])c1ccc(Sc2ccc(C(=O)[O-])cc2)cc1. The molecule has 0 aromatic heterocycles. The molecule has 0 radical (unpaired) electrons. The maximum absolute atomic E-state index is 10.6. The van der Waals surface area contributed by atoms with Gasteiger partial charge in [-0.1, -0.05) is 143 Å². The van der Waals surface area contributed by atoms with E-state index in [4.69, 9.17) is 0 Å². The summed E-state index contributed by atoms with van der Waals surface area (Å²) in [7, 11) is -1.12. The highest BCUT2D eigenvalue weighted by atomic mass is 32.2.